The Morgan fingerprint density at radius 3 is 2.46 bits per heavy atom. The summed E-state index contributed by atoms with van der Waals surface area (Å²) in [5, 5.41) is 16.0. The number of aliphatic hydroxyl groups is 1. The summed E-state index contributed by atoms with van der Waals surface area (Å²) in [6.07, 6.45) is 6.27. The average Bonchev–Trinajstić information content (AvgIpc) is 3.36. The number of nitrogens with one attached hydrogen (secondary N) is 2. The van der Waals surface area contributed by atoms with Crippen LogP contribution in [-0.2, 0) is 22.7 Å². The number of hydrogen-bond donors (Lipinski definition) is 3. The van der Waals surface area contributed by atoms with Gasteiger partial charge in [0.1, 0.15) is 11.4 Å². The van der Waals surface area contributed by atoms with E-state index in [9.17, 15) is 23.9 Å². The number of rotatable bonds is 5. The van der Waals surface area contributed by atoms with E-state index in [0.29, 0.717) is 69.7 Å². The largest absolute Gasteiger partial charge is 0.390 e. The van der Waals surface area contributed by atoms with Gasteiger partial charge in [0.25, 0.3) is 0 Å². The van der Waals surface area contributed by atoms with Crippen LogP contribution < -0.4 is 10.6 Å². The number of nitrogens with zero attached hydrogens (tertiary/aromatic N) is 3. The number of halogens is 1. The van der Waals surface area contributed by atoms with Crippen molar-refractivity contribution in [2.45, 2.75) is 77.1 Å². The Balaban J connectivity index is 1.12. The van der Waals surface area contributed by atoms with E-state index in [1.54, 1.807) is 30.6 Å². The van der Waals surface area contributed by atoms with Crippen molar-refractivity contribution in [2.75, 3.05) is 18.4 Å². The molecule has 0 atom stereocenters. The molecule has 2 aliphatic heterocycles. The molecule has 3 N–H and O–H groups in total. The van der Waals surface area contributed by atoms with Crippen LogP contribution in [0.5, 0.6) is 0 Å². The van der Waals surface area contributed by atoms with Crippen molar-refractivity contribution in [1.82, 2.24) is 20.1 Å². The molecule has 5 rings (SSSR count). The summed E-state index contributed by atoms with van der Waals surface area (Å²) in [6.45, 7) is 6.93. The van der Waals surface area contributed by atoms with Gasteiger partial charge in [0, 0.05) is 31.2 Å². The van der Waals surface area contributed by atoms with Crippen LogP contribution in [0, 0.1) is 11.7 Å². The first-order valence-corrected chi connectivity index (χ1v) is 14.2. The molecule has 1 aromatic carbocycles. The van der Waals surface area contributed by atoms with Crippen LogP contribution in [0.15, 0.2) is 42.6 Å². The summed E-state index contributed by atoms with van der Waals surface area (Å²) < 4.78 is 13.4. The fourth-order valence-corrected chi connectivity index (χ4v) is 5.82. The van der Waals surface area contributed by atoms with Gasteiger partial charge in [-0.25, -0.2) is 9.18 Å². The predicted octanol–water partition coefficient (Wildman–Crippen LogP) is 4.22. The number of hydrogen-bond acceptors (Lipinski definition) is 5. The standard InChI is InChI=1S/C31H38FN5O4/c1-30(2,35-27(38)22-8-12-31(3,41)13-9-22)28(39)36-14-10-21(11-15-36)20-4-6-25(7-5-20)34-29(40)37-18-23-16-24(32)17-33-26(23)19-37/h4-7,10,16-17,22,41H,8-9,11-15,18-19H2,1-3H3,(H,34,40)(H,35,38). The van der Waals surface area contributed by atoms with Gasteiger partial charge in [0.2, 0.25) is 11.8 Å². The summed E-state index contributed by atoms with van der Waals surface area (Å²) in [5.41, 5.74) is 2.48. The van der Waals surface area contributed by atoms with Gasteiger partial charge < -0.3 is 25.5 Å². The van der Waals surface area contributed by atoms with E-state index in [1.165, 1.54) is 12.3 Å². The Bertz CT molecular complexity index is 1360. The van der Waals surface area contributed by atoms with Crippen LogP contribution >= 0.6 is 0 Å². The van der Waals surface area contributed by atoms with E-state index in [1.807, 2.05) is 30.3 Å². The molecule has 1 aliphatic carbocycles. The maximum atomic E-state index is 13.4. The predicted molar refractivity (Wildman–Crippen MR) is 153 cm³/mol. The second-order valence-corrected chi connectivity index (χ2v) is 12.2. The van der Waals surface area contributed by atoms with Gasteiger partial charge in [-0.15, -0.1) is 0 Å². The number of fused-ring (bicyclic) bond motifs is 1. The maximum Gasteiger partial charge on any atom is 0.322 e. The Morgan fingerprint density at radius 2 is 1.80 bits per heavy atom. The highest BCUT2D eigenvalue weighted by Crippen LogP contribution is 2.32. The van der Waals surface area contributed by atoms with E-state index in [0.717, 1.165) is 16.7 Å². The van der Waals surface area contributed by atoms with Crippen molar-refractivity contribution in [3.05, 3.63) is 65.2 Å². The van der Waals surface area contributed by atoms with Crippen molar-refractivity contribution in [1.29, 1.82) is 0 Å². The van der Waals surface area contributed by atoms with E-state index in [2.05, 4.69) is 15.6 Å². The number of anilines is 1. The van der Waals surface area contributed by atoms with Crippen molar-refractivity contribution in [2.24, 2.45) is 5.92 Å². The SMILES string of the molecule is CC1(O)CCC(C(=O)NC(C)(C)C(=O)N2CC=C(c3ccc(NC(=O)N4Cc5cc(F)cnc5C4)cc3)CC2)CC1. The molecule has 41 heavy (non-hydrogen) atoms. The van der Waals surface area contributed by atoms with Crippen molar-refractivity contribution < 1.29 is 23.9 Å². The first kappa shape index (κ1) is 28.7. The second kappa shape index (κ2) is 11.2. The van der Waals surface area contributed by atoms with Crippen LogP contribution in [0.25, 0.3) is 5.57 Å². The highest BCUT2D eigenvalue weighted by Gasteiger charge is 2.38. The number of carbonyl (C=O) groups excluding carboxylic acids is 3. The monoisotopic (exact) mass is 563 g/mol. The maximum absolute atomic E-state index is 13.4. The molecule has 1 saturated carbocycles. The van der Waals surface area contributed by atoms with Gasteiger partial charge in [0.15, 0.2) is 0 Å². The zero-order valence-corrected chi connectivity index (χ0v) is 23.9. The van der Waals surface area contributed by atoms with Crippen LogP contribution in [0.4, 0.5) is 14.9 Å². The lowest BCUT2D eigenvalue weighted by Gasteiger charge is -2.37. The van der Waals surface area contributed by atoms with Gasteiger partial charge >= 0.3 is 6.03 Å². The molecule has 2 aromatic rings. The Morgan fingerprint density at radius 1 is 1.10 bits per heavy atom. The summed E-state index contributed by atoms with van der Waals surface area (Å²) >= 11 is 0. The molecule has 0 saturated heterocycles. The molecule has 0 bridgehead atoms. The number of amides is 4. The van der Waals surface area contributed by atoms with Crippen LogP contribution in [-0.4, -0.2) is 62.0 Å². The molecular formula is C31H38FN5O4. The molecule has 3 aliphatic rings. The molecule has 3 heterocycles. The number of pyridine rings is 1. The normalized spacial score (nSPS) is 22.6. The zero-order valence-electron chi connectivity index (χ0n) is 23.9. The van der Waals surface area contributed by atoms with Crippen LogP contribution in [0.1, 0.15) is 69.7 Å². The Hall–Kier alpha value is -3.79. The van der Waals surface area contributed by atoms with Crippen molar-refractivity contribution in [3.63, 3.8) is 0 Å². The fraction of sp³-hybridized carbons (Fsp3) is 0.484. The summed E-state index contributed by atoms with van der Waals surface area (Å²) in [5.74, 6) is -0.840. The first-order valence-electron chi connectivity index (χ1n) is 14.2. The van der Waals surface area contributed by atoms with Crippen molar-refractivity contribution >= 4 is 29.1 Å². The summed E-state index contributed by atoms with van der Waals surface area (Å²) in [7, 11) is 0. The van der Waals surface area contributed by atoms with Gasteiger partial charge in [0.05, 0.1) is 24.0 Å². The molecule has 1 fully saturated rings. The van der Waals surface area contributed by atoms with Crippen LogP contribution in [0.3, 0.4) is 0 Å². The van der Waals surface area contributed by atoms with Gasteiger partial charge in [-0.2, -0.15) is 0 Å². The lowest BCUT2D eigenvalue weighted by Crippen LogP contribution is -2.58. The Kier molecular flexibility index (Phi) is 7.87. The molecular weight excluding hydrogens is 525 g/mol. The smallest absolute Gasteiger partial charge is 0.322 e. The van der Waals surface area contributed by atoms with E-state index >= 15 is 0 Å². The number of urea groups is 1. The number of benzene rings is 1. The van der Waals surface area contributed by atoms with E-state index in [-0.39, 0.29) is 23.8 Å². The minimum Gasteiger partial charge on any atom is -0.390 e. The van der Waals surface area contributed by atoms with Crippen molar-refractivity contribution in [3.8, 4) is 0 Å². The average molecular weight is 564 g/mol. The lowest BCUT2D eigenvalue weighted by molar-refractivity contribution is -0.141. The minimum absolute atomic E-state index is 0.121. The molecule has 1 aromatic heterocycles. The van der Waals surface area contributed by atoms with Crippen LogP contribution in [0.2, 0.25) is 0 Å². The van der Waals surface area contributed by atoms with E-state index < -0.39 is 17.0 Å². The quantitative estimate of drug-likeness (QED) is 0.504. The summed E-state index contributed by atoms with van der Waals surface area (Å²) in [6, 6.07) is 8.72. The number of carbonyl (C=O) groups is 3. The fourth-order valence-electron chi connectivity index (χ4n) is 5.82. The zero-order chi connectivity index (χ0) is 29.4. The minimum atomic E-state index is -1.02. The molecule has 0 radical (unpaired) electrons. The highest BCUT2D eigenvalue weighted by atomic mass is 19.1. The lowest BCUT2D eigenvalue weighted by atomic mass is 9.79. The Labute approximate surface area is 239 Å². The van der Waals surface area contributed by atoms with Gasteiger partial charge in [-0.05, 0) is 87.8 Å². The van der Waals surface area contributed by atoms with Gasteiger partial charge in [-0.3, -0.25) is 14.6 Å². The number of aromatic nitrogens is 1. The molecule has 4 amide bonds. The first-order chi connectivity index (χ1) is 19.4. The second-order valence-electron chi connectivity index (χ2n) is 12.2. The third-order valence-corrected chi connectivity index (χ3v) is 8.42. The third kappa shape index (κ3) is 6.59. The molecule has 10 heteroatoms. The highest BCUT2D eigenvalue weighted by molar-refractivity contribution is 5.92. The molecule has 9 nitrogen and oxygen atoms in total. The summed E-state index contributed by atoms with van der Waals surface area (Å²) in [4.78, 5) is 46.3. The molecule has 218 valence electrons. The van der Waals surface area contributed by atoms with Gasteiger partial charge in [-0.1, -0.05) is 18.2 Å². The molecule has 0 spiro atoms. The topological polar surface area (TPSA) is 115 Å². The third-order valence-electron chi connectivity index (χ3n) is 8.42. The van der Waals surface area contributed by atoms with E-state index in [4.69, 9.17) is 0 Å². The molecule has 0 unspecified atom stereocenters.